The molecule has 6 aromatic heterocycles. The van der Waals surface area contributed by atoms with Crippen LogP contribution in [0.15, 0.2) is 214 Å². The fourth-order valence-electron chi connectivity index (χ4n) is 10.5. The Morgan fingerprint density at radius 1 is 0.247 bits per heavy atom. The third-order valence-electron chi connectivity index (χ3n) is 14.1. The molecular formula is C57H30N3O18P3. The maximum atomic E-state index is 14.6. The maximum Gasteiger partial charge on any atom is 0.460 e. The molecule has 0 amide bonds. The second-order valence-electron chi connectivity index (χ2n) is 19.0. The van der Waals surface area contributed by atoms with Gasteiger partial charge in [-0.15, -0.1) is 0 Å². The smallest absolute Gasteiger partial charge is 0.422 e. The number of benzene rings is 6. The molecule has 0 radical (unpaired) electrons. The summed E-state index contributed by atoms with van der Waals surface area (Å²) in [4.78, 5) is 87.6. The van der Waals surface area contributed by atoms with Crippen molar-refractivity contribution in [3.8, 4) is 34.5 Å². The molecular weight excluding hydrogens is 1110 g/mol. The van der Waals surface area contributed by atoms with Crippen LogP contribution < -0.4 is 60.9 Å². The second-order valence-corrected chi connectivity index (χ2v) is 25.2. The van der Waals surface area contributed by atoms with Crippen LogP contribution in [0.3, 0.4) is 0 Å². The number of para-hydroxylation sites is 6. The highest BCUT2D eigenvalue weighted by atomic mass is 31.3. The van der Waals surface area contributed by atoms with E-state index in [2.05, 4.69) is 0 Å². The standard InChI is InChI=1S/C57H30N3O18P3/c61-52-34-25-35-47(29-14-2-8-20-41(29)68-53(35)62)74-79(73-46(34)28-13-1-7-19-40(28)67-52)58-80(75-48-30-15-3-9-21-42(30)69-54(63)36(48)26-37-49(76-80)31-16-4-10-22-43(31)70-55(37)64)60-81(59-79)77-50-32-17-5-11-23-44(32)71-56(65)38(50)27-39-51(78-81)33-18-6-12-24-45(33)72-57(39)66/h1-24H,25-27H2. The average Bonchev–Trinajstić information content (AvgIpc) is 3.64. The van der Waals surface area contributed by atoms with E-state index in [4.69, 9.17) is 67.2 Å². The predicted octanol–water partition coefficient (Wildman–Crippen LogP) is 12.7. The lowest BCUT2D eigenvalue weighted by atomic mass is 10.0. The third kappa shape index (κ3) is 7.22. The molecule has 396 valence electrons. The summed E-state index contributed by atoms with van der Waals surface area (Å²) < 4.78 is 95.4. The lowest BCUT2D eigenvalue weighted by molar-refractivity contribution is 0.424. The zero-order valence-electron chi connectivity index (χ0n) is 41.0. The Labute approximate surface area is 449 Å². The first-order chi connectivity index (χ1) is 39.4. The highest BCUT2D eigenvalue weighted by molar-refractivity contribution is 7.79. The Morgan fingerprint density at radius 2 is 0.407 bits per heavy atom. The Balaban J connectivity index is 1.15. The first-order valence-corrected chi connectivity index (χ1v) is 29.4. The van der Waals surface area contributed by atoms with Gasteiger partial charge in [-0.1, -0.05) is 86.3 Å². The monoisotopic (exact) mass is 1140 g/mol. The minimum absolute atomic E-state index is 0.0388. The number of nitrogens with zero attached hydrogens (tertiary/aromatic N) is 3. The normalized spacial score (nSPS) is 16.0. The highest BCUT2D eigenvalue weighted by Gasteiger charge is 2.53. The Morgan fingerprint density at radius 3 is 0.580 bits per heavy atom. The van der Waals surface area contributed by atoms with Crippen LogP contribution in [0.4, 0.5) is 0 Å². The first kappa shape index (κ1) is 47.1. The topological polar surface area (TPSA) is 274 Å². The van der Waals surface area contributed by atoms with Crippen molar-refractivity contribution in [3.63, 3.8) is 0 Å². The predicted molar refractivity (Wildman–Crippen MR) is 295 cm³/mol. The van der Waals surface area contributed by atoms with Gasteiger partial charge in [-0.25, -0.2) is 28.8 Å². The molecule has 24 heteroatoms. The van der Waals surface area contributed by atoms with E-state index in [9.17, 15) is 28.8 Å². The van der Waals surface area contributed by atoms with Crippen molar-refractivity contribution in [1.82, 2.24) is 0 Å². The zero-order chi connectivity index (χ0) is 54.5. The summed E-state index contributed by atoms with van der Waals surface area (Å²) in [6.45, 7) is 0. The van der Waals surface area contributed by atoms with Gasteiger partial charge in [-0.3, -0.25) is 0 Å². The van der Waals surface area contributed by atoms with E-state index < -0.39 is 76.0 Å². The molecule has 4 aliphatic heterocycles. The van der Waals surface area contributed by atoms with Crippen molar-refractivity contribution < 1.29 is 53.6 Å². The van der Waals surface area contributed by atoms with Gasteiger partial charge in [0, 0.05) is 19.3 Å². The summed E-state index contributed by atoms with van der Waals surface area (Å²) in [6, 6.07) is 38.5. The second kappa shape index (κ2) is 17.0. The van der Waals surface area contributed by atoms with E-state index in [1.807, 2.05) is 0 Å². The van der Waals surface area contributed by atoms with Gasteiger partial charge in [0.25, 0.3) is 0 Å². The molecule has 12 aromatic rings. The van der Waals surface area contributed by atoms with Crippen LogP contribution in [-0.4, -0.2) is 0 Å². The molecule has 10 heterocycles. The van der Waals surface area contributed by atoms with E-state index in [0.29, 0.717) is 0 Å². The lowest BCUT2D eigenvalue weighted by Crippen LogP contribution is -2.23. The van der Waals surface area contributed by atoms with Crippen molar-refractivity contribution in [2.75, 3.05) is 0 Å². The van der Waals surface area contributed by atoms with E-state index in [1.165, 1.54) is 36.4 Å². The van der Waals surface area contributed by atoms with Gasteiger partial charge < -0.3 is 53.6 Å². The summed E-state index contributed by atoms with van der Waals surface area (Å²) in [7, 11) is -15.5. The lowest BCUT2D eigenvalue weighted by Gasteiger charge is -2.36. The molecule has 21 nitrogen and oxygen atoms in total. The number of hydrogen-bond acceptors (Lipinski definition) is 21. The largest absolute Gasteiger partial charge is 0.460 e. The molecule has 0 unspecified atom stereocenters. The number of hydrogen-bond donors (Lipinski definition) is 0. The molecule has 0 aliphatic carbocycles. The Kier molecular flexibility index (Phi) is 9.91. The molecule has 0 saturated heterocycles. The van der Waals surface area contributed by atoms with Crippen molar-refractivity contribution in [3.05, 3.63) is 241 Å². The zero-order valence-corrected chi connectivity index (χ0v) is 43.7. The number of rotatable bonds is 0. The van der Waals surface area contributed by atoms with Crippen molar-refractivity contribution in [2.24, 2.45) is 13.5 Å². The van der Waals surface area contributed by atoms with Gasteiger partial charge in [0.15, 0.2) is 34.5 Å². The molecule has 81 heavy (non-hydrogen) atoms. The minimum atomic E-state index is -5.15. The molecule has 0 atom stereocenters. The summed E-state index contributed by atoms with van der Waals surface area (Å²) in [5.41, 5.74) is -6.48. The van der Waals surface area contributed by atoms with Crippen LogP contribution >= 0.6 is 23.0 Å². The van der Waals surface area contributed by atoms with Gasteiger partial charge in [-0.05, 0) is 72.8 Å². The first-order valence-electron chi connectivity index (χ1n) is 24.8. The number of fused-ring (bicyclic) bond motifs is 18. The summed E-state index contributed by atoms with van der Waals surface area (Å²) in [5.74, 6) is -1.37. The van der Waals surface area contributed by atoms with Crippen LogP contribution in [0.1, 0.15) is 33.4 Å². The Hall–Kier alpha value is -9.93. The van der Waals surface area contributed by atoms with Gasteiger partial charge in [-0.2, -0.15) is 0 Å². The summed E-state index contributed by atoms with van der Waals surface area (Å²) in [6.07, 6.45) is -1.40. The quantitative estimate of drug-likeness (QED) is 0.101. The maximum absolute atomic E-state index is 14.6. The van der Waals surface area contributed by atoms with Gasteiger partial charge >= 0.3 is 56.7 Å². The molecule has 0 N–H and O–H groups in total. The van der Waals surface area contributed by atoms with Gasteiger partial charge in [0.05, 0.1) is 65.7 Å². The summed E-state index contributed by atoms with van der Waals surface area (Å²) >= 11 is 0. The van der Waals surface area contributed by atoms with Crippen molar-refractivity contribution in [1.29, 1.82) is 0 Å². The fraction of sp³-hybridized carbons (Fsp3) is 0.0526. The van der Waals surface area contributed by atoms with E-state index in [-0.39, 0.29) is 134 Å². The van der Waals surface area contributed by atoms with Crippen LogP contribution in [0.2, 0.25) is 0 Å². The van der Waals surface area contributed by atoms with Crippen LogP contribution in [0.25, 0.3) is 65.8 Å². The molecule has 0 bridgehead atoms. The molecule has 0 saturated carbocycles. The molecule has 6 aromatic carbocycles. The SMILES string of the molecule is O=c1oc2ccccc2c2c1Cc1c(c3ccccc3oc1=O)OP1(=NP3(=NP4(=N1)Oc1c(c(=O)oc5ccccc15)Cc1c(c5ccccc5oc1=O)O4)Oc1c(c(=O)oc4ccccc14)Cc1c(c4ccccc4oc1=O)O3)O2. The molecule has 0 fully saturated rings. The minimum Gasteiger partial charge on any atom is -0.422 e. The van der Waals surface area contributed by atoms with Crippen molar-refractivity contribution in [2.45, 2.75) is 19.3 Å². The summed E-state index contributed by atoms with van der Waals surface area (Å²) in [5, 5.41) is 1.09. The van der Waals surface area contributed by atoms with Crippen molar-refractivity contribution >= 4 is 88.8 Å². The van der Waals surface area contributed by atoms with E-state index in [1.54, 1.807) is 109 Å². The molecule has 3 spiro atoms. The molecule has 4 aliphatic rings. The average molecular weight is 1140 g/mol. The van der Waals surface area contributed by atoms with Gasteiger partial charge in [0.1, 0.15) is 33.5 Å². The van der Waals surface area contributed by atoms with Crippen LogP contribution in [0, 0.1) is 0 Å². The van der Waals surface area contributed by atoms with E-state index >= 15 is 0 Å². The van der Waals surface area contributed by atoms with Gasteiger partial charge in [0.2, 0.25) is 0 Å². The highest BCUT2D eigenvalue weighted by Crippen LogP contribution is 2.80. The Bertz CT molecular complexity index is 4600. The fourth-order valence-corrected chi connectivity index (χ4v) is 19.9. The van der Waals surface area contributed by atoms with Crippen LogP contribution in [0.5, 0.6) is 34.5 Å². The van der Waals surface area contributed by atoms with E-state index in [0.717, 1.165) is 0 Å². The van der Waals surface area contributed by atoms with Crippen LogP contribution in [-0.2, 0) is 19.3 Å². The third-order valence-corrected chi connectivity index (χ3v) is 22.1. The molecule has 16 rings (SSSR count).